The molecule has 2 aromatic rings. The molecule has 1 saturated heterocycles. The van der Waals surface area contributed by atoms with Crippen LogP contribution in [0.3, 0.4) is 0 Å². The summed E-state index contributed by atoms with van der Waals surface area (Å²) in [5.74, 6) is 2.86. The molecule has 0 bridgehead atoms. The Labute approximate surface area is 149 Å². The minimum absolute atomic E-state index is 0.215. The molecule has 1 N–H and O–H groups in total. The highest BCUT2D eigenvalue weighted by atomic mass is 16.5. The van der Waals surface area contributed by atoms with Crippen molar-refractivity contribution in [2.45, 2.75) is 32.5 Å². The Morgan fingerprint density at radius 1 is 1.20 bits per heavy atom. The van der Waals surface area contributed by atoms with Crippen LogP contribution >= 0.6 is 0 Å². The quantitative estimate of drug-likeness (QED) is 0.837. The number of piperazine rings is 1. The van der Waals surface area contributed by atoms with Crippen LogP contribution in [-0.4, -0.2) is 54.3 Å². The number of hydrogen-bond donors (Lipinski definition) is 1. The molecule has 136 valence electrons. The van der Waals surface area contributed by atoms with Crippen LogP contribution in [0.25, 0.3) is 0 Å². The van der Waals surface area contributed by atoms with Crippen molar-refractivity contribution in [1.82, 2.24) is 9.80 Å². The molecule has 2 heterocycles. The summed E-state index contributed by atoms with van der Waals surface area (Å²) in [6.45, 7) is 6.85. The molecule has 1 aromatic carbocycles. The Kier molecular flexibility index (Phi) is 6.13. The normalized spacial score (nSPS) is 19.2. The third-order valence-electron chi connectivity index (χ3n) is 4.85. The van der Waals surface area contributed by atoms with Crippen LogP contribution in [0.15, 0.2) is 40.8 Å². The van der Waals surface area contributed by atoms with Crippen LogP contribution in [0.4, 0.5) is 0 Å². The summed E-state index contributed by atoms with van der Waals surface area (Å²) in [6, 6.07) is 12.6. The molecule has 1 atom stereocenters. The summed E-state index contributed by atoms with van der Waals surface area (Å²) in [5.41, 5.74) is 1.25. The Hall–Kier alpha value is -1.82. The maximum Gasteiger partial charge on any atom is 0.119 e. The first-order valence-corrected chi connectivity index (χ1v) is 8.93. The zero-order chi connectivity index (χ0) is 17.6. The Bertz CT molecular complexity index is 670. The predicted molar refractivity (Wildman–Crippen MR) is 97.6 cm³/mol. The summed E-state index contributed by atoms with van der Waals surface area (Å²) in [5, 5.41) is 9.48. The summed E-state index contributed by atoms with van der Waals surface area (Å²) in [7, 11) is 1.70. The van der Waals surface area contributed by atoms with Crippen molar-refractivity contribution in [2.75, 3.05) is 33.4 Å². The molecule has 25 heavy (non-hydrogen) atoms. The van der Waals surface area contributed by atoms with E-state index in [1.54, 1.807) is 7.11 Å². The number of aliphatic hydroxyl groups excluding tert-OH is 1. The molecule has 1 aromatic heterocycles. The smallest absolute Gasteiger partial charge is 0.119 e. The highest BCUT2D eigenvalue weighted by Gasteiger charge is 2.27. The number of methoxy groups -OCH3 is 1. The van der Waals surface area contributed by atoms with E-state index >= 15 is 0 Å². The lowest BCUT2D eigenvalue weighted by Crippen LogP contribution is -2.52. The minimum Gasteiger partial charge on any atom is -0.497 e. The zero-order valence-electron chi connectivity index (χ0n) is 15.1. The largest absolute Gasteiger partial charge is 0.497 e. The van der Waals surface area contributed by atoms with E-state index in [-0.39, 0.29) is 6.61 Å². The summed E-state index contributed by atoms with van der Waals surface area (Å²) in [4.78, 5) is 4.88. The van der Waals surface area contributed by atoms with Gasteiger partial charge in [0.05, 0.1) is 13.7 Å². The molecule has 0 saturated carbocycles. The van der Waals surface area contributed by atoms with E-state index in [1.807, 2.05) is 25.1 Å². The van der Waals surface area contributed by atoms with Crippen molar-refractivity contribution in [3.8, 4) is 5.75 Å². The maximum atomic E-state index is 9.48. The molecule has 3 rings (SSSR count). The fraction of sp³-hybridized carbons (Fsp3) is 0.500. The van der Waals surface area contributed by atoms with Gasteiger partial charge in [0.1, 0.15) is 17.3 Å². The van der Waals surface area contributed by atoms with E-state index < -0.39 is 0 Å². The molecule has 1 aliphatic heterocycles. The van der Waals surface area contributed by atoms with Crippen LogP contribution in [0.5, 0.6) is 5.75 Å². The maximum absolute atomic E-state index is 9.48. The van der Waals surface area contributed by atoms with Crippen molar-refractivity contribution in [3.05, 3.63) is 53.5 Å². The zero-order valence-corrected chi connectivity index (χ0v) is 15.1. The first kappa shape index (κ1) is 18.0. The van der Waals surface area contributed by atoms with Crippen molar-refractivity contribution in [2.24, 2.45) is 0 Å². The van der Waals surface area contributed by atoms with E-state index in [2.05, 4.69) is 28.0 Å². The topological polar surface area (TPSA) is 49.1 Å². The molecule has 0 unspecified atom stereocenters. The molecular formula is C20H28N2O3. The number of aliphatic hydroxyl groups is 1. The van der Waals surface area contributed by atoms with Crippen LogP contribution in [0.1, 0.15) is 23.5 Å². The first-order chi connectivity index (χ1) is 12.2. The average Bonchev–Trinajstić information content (AvgIpc) is 3.02. The lowest BCUT2D eigenvalue weighted by Gasteiger charge is -2.41. The molecule has 1 fully saturated rings. The van der Waals surface area contributed by atoms with Gasteiger partial charge in [0, 0.05) is 38.8 Å². The van der Waals surface area contributed by atoms with Gasteiger partial charge in [-0.3, -0.25) is 9.80 Å². The van der Waals surface area contributed by atoms with Gasteiger partial charge < -0.3 is 14.3 Å². The Morgan fingerprint density at radius 2 is 2.08 bits per heavy atom. The van der Waals surface area contributed by atoms with Crippen LogP contribution in [0.2, 0.25) is 0 Å². The van der Waals surface area contributed by atoms with Crippen LogP contribution in [-0.2, 0) is 13.1 Å². The first-order valence-electron chi connectivity index (χ1n) is 8.93. The van der Waals surface area contributed by atoms with Crippen LogP contribution in [0, 0.1) is 6.92 Å². The van der Waals surface area contributed by atoms with Crippen molar-refractivity contribution < 1.29 is 14.3 Å². The number of nitrogens with zero attached hydrogens (tertiary/aromatic N) is 2. The standard InChI is InChI=1S/C20H28N2O3/c1-16-6-7-20(25-16)15-21-9-10-22(18(14-21)8-11-23)13-17-4-3-5-19(12-17)24-2/h3-7,12,18,23H,8-11,13-15H2,1-2H3/t18-/m0/s1. The lowest BCUT2D eigenvalue weighted by atomic mass is 10.1. The predicted octanol–water partition coefficient (Wildman–Crippen LogP) is 2.67. The van der Waals surface area contributed by atoms with Gasteiger partial charge in [-0.1, -0.05) is 12.1 Å². The van der Waals surface area contributed by atoms with Gasteiger partial charge in [-0.05, 0) is 43.2 Å². The number of ether oxygens (including phenoxy) is 1. The van der Waals surface area contributed by atoms with Crippen molar-refractivity contribution in [3.63, 3.8) is 0 Å². The van der Waals surface area contributed by atoms with Gasteiger partial charge in [0.25, 0.3) is 0 Å². The number of aryl methyl sites for hydroxylation is 1. The van der Waals surface area contributed by atoms with Crippen molar-refractivity contribution >= 4 is 0 Å². The molecule has 5 nitrogen and oxygen atoms in total. The SMILES string of the molecule is COc1cccc(CN2CCN(Cc3ccc(C)o3)C[C@@H]2CCO)c1. The number of furan rings is 1. The highest BCUT2D eigenvalue weighted by Crippen LogP contribution is 2.21. The fourth-order valence-electron chi connectivity index (χ4n) is 3.53. The summed E-state index contributed by atoms with van der Waals surface area (Å²) < 4.78 is 11.0. The monoisotopic (exact) mass is 344 g/mol. The van der Waals surface area contributed by atoms with E-state index in [1.165, 1.54) is 5.56 Å². The van der Waals surface area contributed by atoms with E-state index in [0.717, 1.165) is 56.4 Å². The molecule has 0 aliphatic carbocycles. The van der Waals surface area contributed by atoms with Crippen molar-refractivity contribution in [1.29, 1.82) is 0 Å². The molecular weight excluding hydrogens is 316 g/mol. The summed E-state index contributed by atoms with van der Waals surface area (Å²) >= 11 is 0. The molecule has 5 heteroatoms. The molecule has 0 spiro atoms. The molecule has 0 amide bonds. The number of benzene rings is 1. The van der Waals surface area contributed by atoms with Gasteiger partial charge >= 0.3 is 0 Å². The third-order valence-corrected chi connectivity index (χ3v) is 4.85. The van der Waals surface area contributed by atoms with Gasteiger partial charge in [-0.2, -0.15) is 0 Å². The average molecular weight is 344 g/mol. The highest BCUT2D eigenvalue weighted by molar-refractivity contribution is 5.28. The van der Waals surface area contributed by atoms with Gasteiger partial charge in [-0.15, -0.1) is 0 Å². The van der Waals surface area contributed by atoms with Gasteiger partial charge in [0.15, 0.2) is 0 Å². The van der Waals surface area contributed by atoms with E-state index in [0.29, 0.717) is 6.04 Å². The Balaban J connectivity index is 1.62. The Morgan fingerprint density at radius 3 is 2.80 bits per heavy atom. The molecule has 1 aliphatic rings. The second-order valence-electron chi connectivity index (χ2n) is 6.74. The molecule has 0 radical (unpaired) electrons. The van der Waals surface area contributed by atoms with Gasteiger partial charge in [0.2, 0.25) is 0 Å². The second kappa shape index (κ2) is 8.52. The summed E-state index contributed by atoms with van der Waals surface area (Å²) in [6.07, 6.45) is 0.789. The minimum atomic E-state index is 0.215. The van der Waals surface area contributed by atoms with E-state index in [4.69, 9.17) is 9.15 Å². The number of rotatable bonds is 7. The van der Waals surface area contributed by atoms with Crippen LogP contribution < -0.4 is 4.74 Å². The second-order valence-corrected chi connectivity index (χ2v) is 6.74. The third kappa shape index (κ3) is 4.84. The van der Waals surface area contributed by atoms with E-state index in [9.17, 15) is 5.11 Å². The number of hydrogen-bond acceptors (Lipinski definition) is 5. The fourth-order valence-corrected chi connectivity index (χ4v) is 3.53. The lowest BCUT2D eigenvalue weighted by molar-refractivity contribution is 0.0467. The van der Waals surface area contributed by atoms with Gasteiger partial charge in [-0.25, -0.2) is 0 Å².